The van der Waals surface area contributed by atoms with E-state index in [2.05, 4.69) is 5.32 Å². The number of nitrogens with one attached hydrogen (secondary N) is 1. The van der Waals surface area contributed by atoms with Gasteiger partial charge in [-0.2, -0.15) is 11.8 Å². The van der Waals surface area contributed by atoms with E-state index >= 15 is 0 Å². The lowest BCUT2D eigenvalue weighted by Crippen LogP contribution is -2.41. The number of carboxylic acid groups (broad SMARTS) is 1. The molecule has 0 atom stereocenters. The number of hydrogen-bond donors (Lipinski definition) is 2. The Labute approximate surface area is 117 Å². The van der Waals surface area contributed by atoms with E-state index < -0.39 is 5.97 Å². The summed E-state index contributed by atoms with van der Waals surface area (Å²) in [6.45, 7) is 3.15. The van der Waals surface area contributed by atoms with E-state index in [-0.39, 0.29) is 11.8 Å². The largest absolute Gasteiger partial charge is 0.481 e. The van der Waals surface area contributed by atoms with E-state index in [4.69, 9.17) is 9.90 Å². The number of thioether (sulfide) groups is 1. The van der Waals surface area contributed by atoms with Gasteiger partial charge in [-0.3, -0.25) is 14.4 Å². The summed E-state index contributed by atoms with van der Waals surface area (Å²) in [4.78, 5) is 33.4. The van der Waals surface area contributed by atoms with E-state index in [1.54, 1.807) is 0 Å². The standard InChI is InChI=1S/C10H18N2O2S.C2H4O2/c1-15-8-9(13)11-5-7-12-6-3-2-4-10(12)14;1-2(3)4/h2-8H2,1H3,(H,11,13);1H3,(H,3,4). The van der Waals surface area contributed by atoms with Gasteiger partial charge in [-0.1, -0.05) is 0 Å². The van der Waals surface area contributed by atoms with E-state index in [9.17, 15) is 9.59 Å². The Hall–Kier alpha value is -1.24. The highest BCUT2D eigenvalue weighted by Gasteiger charge is 2.17. The summed E-state index contributed by atoms with van der Waals surface area (Å²) >= 11 is 1.50. The third-order valence-electron chi connectivity index (χ3n) is 2.40. The van der Waals surface area contributed by atoms with E-state index in [1.165, 1.54) is 11.8 Å². The van der Waals surface area contributed by atoms with E-state index in [0.717, 1.165) is 26.3 Å². The summed E-state index contributed by atoms with van der Waals surface area (Å²) in [5.41, 5.74) is 0. The number of hydrogen-bond acceptors (Lipinski definition) is 4. The Bertz CT molecular complexity index is 306. The second-order valence-electron chi connectivity index (χ2n) is 4.14. The second kappa shape index (κ2) is 10.7. The number of likely N-dealkylation sites (tertiary alicyclic amines) is 1. The van der Waals surface area contributed by atoms with Gasteiger partial charge in [-0.25, -0.2) is 0 Å². The normalized spacial score (nSPS) is 14.4. The van der Waals surface area contributed by atoms with Crippen LogP contribution in [-0.2, 0) is 14.4 Å². The van der Waals surface area contributed by atoms with Crippen LogP contribution >= 0.6 is 11.8 Å². The Morgan fingerprint density at radius 2 is 2.05 bits per heavy atom. The van der Waals surface area contributed by atoms with Gasteiger partial charge in [-0.05, 0) is 19.1 Å². The summed E-state index contributed by atoms with van der Waals surface area (Å²) in [5.74, 6) is -0.0687. The average molecular weight is 290 g/mol. The fourth-order valence-electron chi connectivity index (χ4n) is 1.61. The summed E-state index contributed by atoms with van der Waals surface area (Å²) in [6, 6.07) is 0. The van der Waals surface area contributed by atoms with Gasteiger partial charge in [-0.15, -0.1) is 0 Å². The smallest absolute Gasteiger partial charge is 0.300 e. The number of aliphatic carboxylic acids is 1. The molecule has 7 heteroatoms. The van der Waals surface area contributed by atoms with Gasteiger partial charge >= 0.3 is 0 Å². The maximum absolute atomic E-state index is 11.4. The molecule has 0 radical (unpaired) electrons. The van der Waals surface area contributed by atoms with Crippen LogP contribution in [-0.4, -0.2) is 59.4 Å². The van der Waals surface area contributed by atoms with Crippen molar-refractivity contribution < 1.29 is 19.5 Å². The molecule has 1 heterocycles. The highest BCUT2D eigenvalue weighted by molar-refractivity contribution is 7.99. The van der Waals surface area contributed by atoms with Gasteiger partial charge in [0.15, 0.2) is 0 Å². The number of nitrogens with zero attached hydrogens (tertiary/aromatic N) is 1. The van der Waals surface area contributed by atoms with Gasteiger partial charge < -0.3 is 15.3 Å². The molecule has 0 aromatic rings. The molecule has 0 bridgehead atoms. The number of carbonyl (C=O) groups excluding carboxylic acids is 2. The number of carboxylic acids is 1. The van der Waals surface area contributed by atoms with Crippen molar-refractivity contribution in [3.8, 4) is 0 Å². The van der Waals surface area contributed by atoms with Crippen LogP contribution < -0.4 is 5.32 Å². The maximum Gasteiger partial charge on any atom is 0.300 e. The molecule has 0 saturated carbocycles. The molecule has 0 aromatic heterocycles. The predicted molar refractivity (Wildman–Crippen MR) is 75.1 cm³/mol. The second-order valence-corrected chi connectivity index (χ2v) is 5.01. The van der Waals surface area contributed by atoms with Crippen molar-refractivity contribution in [1.29, 1.82) is 0 Å². The Balaban J connectivity index is 0.000000711. The van der Waals surface area contributed by atoms with Crippen LogP contribution in [0, 0.1) is 0 Å². The predicted octanol–water partition coefficient (Wildman–Crippen LogP) is 0.569. The fraction of sp³-hybridized carbons (Fsp3) is 0.750. The first kappa shape index (κ1) is 17.8. The highest BCUT2D eigenvalue weighted by Crippen LogP contribution is 2.09. The first-order valence-corrected chi connectivity index (χ1v) is 7.59. The number of piperidine rings is 1. The monoisotopic (exact) mass is 290 g/mol. The van der Waals surface area contributed by atoms with Gasteiger partial charge in [0.1, 0.15) is 0 Å². The minimum Gasteiger partial charge on any atom is -0.481 e. The average Bonchev–Trinajstić information content (AvgIpc) is 2.31. The molecule has 1 aliphatic heterocycles. The van der Waals surface area contributed by atoms with Crippen LogP contribution in [0.1, 0.15) is 26.2 Å². The molecule has 1 aliphatic rings. The molecule has 2 N–H and O–H groups in total. The van der Waals surface area contributed by atoms with Crippen LogP contribution in [0.3, 0.4) is 0 Å². The lowest BCUT2D eigenvalue weighted by molar-refractivity contribution is -0.134. The molecule has 110 valence electrons. The molecule has 0 unspecified atom stereocenters. The third kappa shape index (κ3) is 10.4. The van der Waals surface area contributed by atoms with Crippen molar-refractivity contribution in [3.05, 3.63) is 0 Å². The van der Waals surface area contributed by atoms with E-state index in [0.29, 0.717) is 25.3 Å². The zero-order valence-corrected chi connectivity index (χ0v) is 12.3. The zero-order valence-electron chi connectivity index (χ0n) is 11.5. The molecule has 1 rings (SSSR count). The number of amides is 2. The van der Waals surface area contributed by atoms with Gasteiger partial charge in [0, 0.05) is 33.0 Å². The molecule has 0 spiro atoms. The van der Waals surface area contributed by atoms with Crippen molar-refractivity contribution in [3.63, 3.8) is 0 Å². The fourth-order valence-corrected chi connectivity index (χ4v) is 1.97. The molecule has 19 heavy (non-hydrogen) atoms. The topological polar surface area (TPSA) is 86.7 Å². The summed E-state index contributed by atoms with van der Waals surface area (Å²) in [5, 5.41) is 10.2. The minimum absolute atomic E-state index is 0.0481. The van der Waals surface area contributed by atoms with Gasteiger partial charge in [0.2, 0.25) is 11.8 Å². The molecular formula is C12H22N2O4S. The third-order valence-corrected chi connectivity index (χ3v) is 2.95. The molecule has 2 amide bonds. The van der Waals surface area contributed by atoms with Crippen molar-refractivity contribution in [2.45, 2.75) is 26.2 Å². The lowest BCUT2D eigenvalue weighted by atomic mass is 10.1. The van der Waals surface area contributed by atoms with E-state index in [1.807, 2.05) is 11.2 Å². The van der Waals surface area contributed by atoms with Crippen LogP contribution in [0.2, 0.25) is 0 Å². The van der Waals surface area contributed by atoms with Crippen LogP contribution in [0.15, 0.2) is 0 Å². The zero-order chi connectivity index (χ0) is 14.7. The molecule has 1 saturated heterocycles. The van der Waals surface area contributed by atoms with Gasteiger partial charge in [0.25, 0.3) is 5.97 Å². The SMILES string of the molecule is CC(=O)O.CSCC(=O)NCCN1CCCCC1=O. The maximum atomic E-state index is 11.4. The van der Waals surface area contributed by atoms with Crippen molar-refractivity contribution in [2.24, 2.45) is 0 Å². The summed E-state index contributed by atoms with van der Waals surface area (Å²) in [6.07, 6.45) is 4.66. The molecular weight excluding hydrogens is 268 g/mol. The molecule has 1 fully saturated rings. The summed E-state index contributed by atoms with van der Waals surface area (Å²) in [7, 11) is 0. The quantitative estimate of drug-likeness (QED) is 0.773. The Morgan fingerprint density at radius 1 is 1.42 bits per heavy atom. The van der Waals surface area contributed by atoms with Crippen LogP contribution in [0.4, 0.5) is 0 Å². The van der Waals surface area contributed by atoms with Crippen molar-refractivity contribution >= 4 is 29.5 Å². The Kier molecular flexibility index (Phi) is 9.97. The van der Waals surface area contributed by atoms with Crippen molar-refractivity contribution in [1.82, 2.24) is 10.2 Å². The molecule has 0 aliphatic carbocycles. The van der Waals surface area contributed by atoms with Crippen LogP contribution in [0.5, 0.6) is 0 Å². The Morgan fingerprint density at radius 3 is 2.58 bits per heavy atom. The number of rotatable bonds is 5. The summed E-state index contributed by atoms with van der Waals surface area (Å²) < 4.78 is 0. The van der Waals surface area contributed by atoms with Crippen LogP contribution in [0.25, 0.3) is 0 Å². The van der Waals surface area contributed by atoms with Crippen molar-refractivity contribution in [2.75, 3.05) is 31.6 Å². The van der Waals surface area contributed by atoms with Gasteiger partial charge in [0.05, 0.1) is 5.75 Å². The molecule has 6 nitrogen and oxygen atoms in total. The highest BCUT2D eigenvalue weighted by atomic mass is 32.2. The molecule has 0 aromatic carbocycles. The first-order valence-electron chi connectivity index (χ1n) is 6.20. The minimum atomic E-state index is -0.833. The lowest BCUT2D eigenvalue weighted by Gasteiger charge is -2.26. The number of carbonyl (C=O) groups is 3. The first-order chi connectivity index (χ1) is 8.97.